The molecular weight excluding hydrogens is 271 g/mol. The second-order valence-electron chi connectivity index (χ2n) is 4.64. The van der Waals surface area contributed by atoms with Gasteiger partial charge in [0, 0.05) is 11.7 Å². The molecule has 0 atom stereocenters. The van der Waals surface area contributed by atoms with Gasteiger partial charge in [-0.1, -0.05) is 0 Å². The first-order chi connectivity index (χ1) is 8.87. The number of anilines is 1. The zero-order valence-corrected chi connectivity index (χ0v) is 11.0. The zero-order valence-electron chi connectivity index (χ0n) is 10.2. The number of nitrogens with one attached hydrogen (secondary N) is 1. The smallest absolute Gasteiger partial charge is 0.254 e. The average Bonchev–Trinajstić information content (AvgIpc) is 2.35. The van der Waals surface area contributed by atoms with Crippen LogP contribution in [0.25, 0.3) is 0 Å². The van der Waals surface area contributed by atoms with Crippen LogP contribution in [0.3, 0.4) is 0 Å². The van der Waals surface area contributed by atoms with E-state index in [9.17, 15) is 17.6 Å². The summed E-state index contributed by atoms with van der Waals surface area (Å²) in [5.41, 5.74) is 5.69. The predicted molar refractivity (Wildman–Crippen MR) is 70.0 cm³/mol. The van der Waals surface area contributed by atoms with Crippen molar-refractivity contribution in [2.45, 2.75) is 18.9 Å². The van der Waals surface area contributed by atoms with Crippen LogP contribution in [0.1, 0.15) is 23.2 Å². The summed E-state index contributed by atoms with van der Waals surface area (Å²) in [6.07, 6.45) is 0.718. The van der Waals surface area contributed by atoms with E-state index in [2.05, 4.69) is 5.32 Å². The van der Waals surface area contributed by atoms with E-state index in [1.807, 2.05) is 0 Å². The standard InChI is InChI=1S/C12H15FN2O3S/c13-11-2-1-8(14)7-10(11)12(16)15-9-3-5-19(17,18)6-4-9/h1-2,7,9H,3-6,14H2,(H,15,16). The minimum absolute atomic E-state index is 0.0529. The van der Waals surface area contributed by atoms with Crippen LogP contribution in [0.5, 0.6) is 0 Å². The van der Waals surface area contributed by atoms with Gasteiger partial charge in [-0.15, -0.1) is 0 Å². The van der Waals surface area contributed by atoms with E-state index in [0.29, 0.717) is 18.5 Å². The molecule has 5 nitrogen and oxygen atoms in total. The minimum Gasteiger partial charge on any atom is -0.399 e. The molecule has 0 bridgehead atoms. The summed E-state index contributed by atoms with van der Waals surface area (Å²) < 4.78 is 36.0. The molecule has 1 aliphatic rings. The minimum atomic E-state index is -2.98. The first kappa shape index (κ1) is 13.8. The molecule has 19 heavy (non-hydrogen) atoms. The maximum absolute atomic E-state index is 13.5. The highest BCUT2D eigenvalue weighted by atomic mass is 32.2. The summed E-state index contributed by atoms with van der Waals surface area (Å²) in [5.74, 6) is -1.10. The summed E-state index contributed by atoms with van der Waals surface area (Å²) in [6, 6.07) is 3.54. The molecule has 0 saturated carbocycles. The van der Waals surface area contributed by atoms with Crippen molar-refractivity contribution >= 4 is 21.4 Å². The van der Waals surface area contributed by atoms with Crippen molar-refractivity contribution < 1.29 is 17.6 Å². The largest absolute Gasteiger partial charge is 0.399 e. The SMILES string of the molecule is Nc1ccc(F)c(C(=O)NC2CCS(=O)(=O)CC2)c1. The van der Waals surface area contributed by atoms with Gasteiger partial charge in [-0.3, -0.25) is 4.79 Å². The topological polar surface area (TPSA) is 89.3 Å². The number of amides is 1. The Morgan fingerprint density at radius 3 is 2.58 bits per heavy atom. The number of halogens is 1. The van der Waals surface area contributed by atoms with E-state index < -0.39 is 21.6 Å². The molecule has 1 saturated heterocycles. The fourth-order valence-electron chi connectivity index (χ4n) is 2.01. The third-order valence-electron chi connectivity index (χ3n) is 3.12. The fourth-order valence-corrected chi connectivity index (χ4v) is 3.51. The Kier molecular flexibility index (Phi) is 3.75. The van der Waals surface area contributed by atoms with Gasteiger partial charge in [0.15, 0.2) is 0 Å². The van der Waals surface area contributed by atoms with E-state index >= 15 is 0 Å². The number of carbonyl (C=O) groups excluding carboxylic acids is 1. The summed E-state index contributed by atoms with van der Waals surface area (Å²) in [7, 11) is -2.98. The molecular formula is C12H15FN2O3S. The Labute approximate surface area is 110 Å². The van der Waals surface area contributed by atoms with Crippen LogP contribution in [-0.4, -0.2) is 31.9 Å². The lowest BCUT2D eigenvalue weighted by molar-refractivity contribution is 0.0930. The Morgan fingerprint density at radius 1 is 1.32 bits per heavy atom. The van der Waals surface area contributed by atoms with E-state index in [1.54, 1.807) is 0 Å². The molecule has 0 radical (unpaired) electrons. The molecule has 1 aromatic carbocycles. The predicted octanol–water partition coefficient (Wildman–Crippen LogP) is 0.715. The van der Waals surface area contributed by atoms with Gasteiger partial charge in [0.05, 0.1) is 17.1 Å². The van der Waals surface area contributed by atoms with Gasteiger partial charge in [0.1, 0.15) is 15.7 Å². The maximum atomic E-state index is 13.5. The number of nitrogen functional groups attached to an aromatic ring is 1. The lowest BCUT2D eigenvalue weighted by Crippen LogP contribution is -2.41. The molecule has 7 heteroatoms. The van der Waals surface area contributed by atoms with Gasteiger partial charge in [-0.25, -0.2) is 12.8 Å². The Balaban J connectivity index is 2.04. The highest BCUT2D eigenvalue weighted by Crippen LogP contribution is 2.15. The lowest BCUT2D eigenvalue weighted by Gasteiger charge is -2.23. The number of rotatable bonds is 2. The van der Waals surface area contributed by atoms with Crippen molar-refractivity contribution in [1.82, 2.24) is 5.32 Å². The van der Waals surface area contributed by atoms with Crippen LogP contribution >= 0.6 is 0 Å². The first-order valence-corrected chi connectivity index (χ1v) is 7.76. The second kappa shape index (κ2) is 5.16. The van der Waals surface area contributed by atoms with Gasteiger partial charge in [-0.05, 0) is 31.0 Å². The molecule has 0 aliphatic carbocycles. The highest BCUT2D eigenvalue weighted by Gasteiger charge is 2.25. The van der Waals surface area contributed by atoms with Crippen molar-refractivity contribution in [2.24, 2.45) is 0 Å². The molecule has 0 unspecified atom stereocenters. The zero-order chi connectivity index (χ0) is 14.0. The number of carbonyl (C=O) groups is 1. The van der Waals surface area contributed by atoms with Crippen LogP contribution < -0.4 is 11.1 Å². The van der Waals surface area contributed by atoms with Gasteiger partial charge >= 0.3 is 0 Å². The molecule has 1 heterocycles. The van der Waals surface area contributed by atoms with E-state index in [1.165, 1.54) is 12.1 Å². The van der Waals surface area contributed by atoms with Crippen molar-refractivity contribution in [3.8, 4) is 0 Å². The molecule has 0 spiro atoms. The van der Waals surface area contributed by atoms with Crippen molar-refractivity contribution in [3.05, 3.63) is 29.6 Å². The number of hydrogen-bond donors (Lipinski definition) is 2. The fraction of sp³-hybridized carbons (Fsp3) is 0.417. The first-order valence-electron chi connectivity index (χ1n) is 5.94. The monoisotopic (exact) mass is 286 g/mol. The molecule has 2 rings (SSSR count). The van der Waals surface area contributed by atoms with Gasteiger partial charge in [0.2, 0.25) is 0 Å². The van der Waals surface area contributed by atoms with Gasteiger partial charge in [-0.2, -0.15) is 0 Å². The molecule has 0 aromatic heterocycles. The van der Waals surface area contributed by atoms with Crippen LogP contribution in [0, 0.1) is 5.82 Å². The quantitative estimate of drug-likeness (QED) is 0.784. The Morgan fingerprint density at radius 2 is 1.95 bits per heavy atom. The van der Waals surface area contributed by atoms with Gasteiger partial charge < -0.3 is 11.1 Å². The molecule has 3 N–H and O–H groups in total. The lowest BCUT2D eigenvalue weighted by atomic mass is 10.1. The summed E-state index contributed by atoms with van der Waals surface area (Å²) >= 11 is 0. The average molecular weight is 286 g/mol. The van der Waals surface area contributed by atoms with Gasteiger partial charge in [0.25, 0.3) is 5.91 Å². The number of sulfone groups is 1. The molecule has 1 aromatic rings. The number of nitrogens with two attached hydrogens (primary N) is 1. The molecule has 1 amide bonds. The second-order valence-corrected chi connectivity index (χ2v) is 6.94. The number of hydrogen-bond acceptors (Lipinski definition) is 4. The highest BCUT2D eigenvalue weighted by molar-refractivity contribution is 7.91. The molecule has 1 aliphatic heterocycles. The van der Waals surface area contributed by atoms with Crippen LogP contribution in [0.4, 0.5) is 10.1 Å². The van der Waals surface area contributed by atoms with Crippen LogP contribution in [0.2, 0.25) is 0 Å². The van der Waals surface area contributed by atoms with Crippen molar-refractivity contribution in [3.63, 3.8) is 0 Å². The Hall–Kier alpha value is -1.63. The summed E-state index contributed by atoms with van der Waals surface area (Å²) in [4.78, 5) is 11.9. The third-order valence-corrected chi connectivity index (χ3v) is 4.84. The number of benzene rings is 1. The summed E-state index contributed by atoms with van der Waals surface area (Å²) in [6.45, 7) is 0. The summed E-state index contributed by atoms with van der Waals surface area (Å²) in [5, 5.41) is 2.64. The maximum Gasteiger partial charge on any atom is 0.254 e. The normalized spacial score (nSPS) is 19.0. The van der Waals surface area contributed by atoms with E-state index in [-0.39, 0.29) is 23.1 Å². The Bertz CT molecular complexity index is 587. The van der Waals surface area contributed by atoms with Crippen LogP contribution in [-0.2, 0) is 9.84 Å². The molecule has 104 valence electrons. The van der Waals surface area contributed by atoms with E-state index in [4.69, 9.17) is 5.73 Å². The van der Waals surface area contributed by atoms with E-state index in [0.717, 1.165) is 6.07 Å². The van der Waals surface area contributed by atoms with Crippen molar-refractivity contribution in [2.75, 3.05) is 17.2 Å². The van der Waals surface area contributed by atoms with Crippen LogP contribution in [0.15, 0.2) is 18.2 Å². The van der Waals surface area contributed by atoms with Crippen molar-refractivity contribution in [1.29, 1.82) is 0 Å². The third kappa shape index (κ3) is 3.44. The molecule has 1 fully saturated rings.